The van der Waals surface area contributed by atoms with Crippen molar-refractivity contribution >= 4 is 24.0 Å². The van der Waals surface area contributed by atoms with Gasteiger partial charge in [0.25, 0.3) is 5.89 Å². The molecule has 0 bridgehead atoms. The van der Waals surface area contributed by atoms with E-state index >= 15 is 0 Å². The van der Waals surface area contributed by atoms with E-state index in [1.807, 2.05) is 19.1 Å². The number of aryl methyl sites for hydroxylation is 1. The van der Waals surface area contributed by atoms with Crippen molar-refractivity contribution in [2.45, 2.75) is 38.3 Å². The van der Waals surface area contributed by atoms with Crippen LogP contribution >= 0.6 is 24.0 Å². The molecule has 1 aromatic heterocycles. The first kappa shape index (κ1) is 16.1. The van der Waals surface area contributed by atoms with Gasteiger partial charge in [0.2, 0.25) is 0 Å². The van der Waals surface area contributed by atoms with Gasteiger partial charge >= 0.3 is 0 Å². The average molecular weight is 330 g/mol. The standard InChI is InChI=1S/C14H16ClN3O2.ClH/c1-9-7-10(3-4-11(9)15)19-8-12-17-13(18-20-12)14(16)5-2-6-14;/h3-4,7H,2,5-6,8,16H2,1H3;1H. The molecule has 0 radical (unpaired) electrons. The minimum Gasteiger partial charge on any atom is -0.484 e. The van der Waals surface area contributed by atoms with E-state index in [2.05, 4.69) is 10.1 Å². The van der Waals surface area contributed by atoms with Crippen LogP contribution in [0.2, 0.25) is 5.02 Å². The Labute approximate surface area is 134 Å². The molecule has 2 aromatic rings. The highest BCUT2D eigenvalue weighted by Crippen LogP contribution is 2.36. The van der Waals surface area contributed by atoms with Crippen molar-refractivity contribution in [2.75, 3.05) is 0 Å². The van der Waals surface area contributed by atoms with Crippen LogP contribution in [0.3, 0.4) is 0 Å². The first-order valence-electron chi connectivity index (χ1n) is 6.58. The molecule has 0 saturated heterocycles. The normalized spacial score (nSPS) is 16.0. The summed E-state index contributed by atoms with van der Waals surface area (Å²) in [5, 5.41) is 4.66. The summed E-state index contributed by atoms with van der Waals surface area (Å²) in [7, 11) is 0. The Morgan fingerprint density at radius 1 is 1.43 bits per heavy atom. The third-order valence-corrected chi connectivity index (χ3v) is 4.07. The summed E-state index contributed by atoms with van der Waals surface area (Å²) in [6.45, 7) is 2.15. The maximum Gasteiger partial charge on any atom is 0.264 e. The van der Waals surface area contributed by atoms with E-state index in [-0.39, 0.29) is 19.0 Å². The third-order valence-electron chi connectivity index (χ3n) is 3.65. The van der Waals surface area contributed by atoms with E-state index < -0.39 is 5.54 Å². The molecule has 0 unspecified atom stereocenters. The molecule has 21 heavy (non-hydrogen) atoms. The highest BCUT2D eigenvalue weighted by molar-refractivity contribution is 6.31. The molecule has 0 atom stereocenters. The molecule has 1 aliphatic carbocycles. The summed E-state index contributed by atoms with van der Waals surface area (Å²) in [6.07, 6.45) is 2.92. The number of aromatic nitrogens is 2. The van der Waals surface area contributed by atoms with Crippen molar-refractivity contribution in [3.8, 4) is 5.75 Å². The number of nitrogens with two attached hydrogens (primary N) is 1. The van der Waals surface area contributed by atoms with Crippen LogP contribution in [0.25, 0.3) is 0 Å². The molecule has 0 amide bonds. The number of benzene rings is 1. The van der Waals surface area contributed by atoms with Gasteiger partial charge in [-0.15, -0.1) is 12.4 Å². The summed E-state index contributed by atoms with van der Waals surface area (Å²) in [5.74, 6) is 1.73. The van der Waals surface area contributed by atoms with E-state index in [9.17, 15) is 0 Å². The summed E-state index contributed by atoms with van der Waals surface area (Å²) in [5.41, 5.74) is 6.70. The van der Waals surface area contributed by atoms with Gasteiger partial charge in [0.1, 0.15) is 5.75 Å². The second kappa shape index (κ2) is 6.22. The number of rotatable bonds is 4. The minimum absolute atomic E-state index is 0. The van der Waals surface area contributed by atoms with Gasteiger partial charge in [-0.1, -0.05) is 16.8 Å². The lowest BCUT2D eigenvalue weighted by atomic mass is 9.77. The molecule has 1 aliphatic rings. The Morgan fingerprint density at radius 3 is 2.81 bits per heavy atom. The van der Waals surface area contributed by atoms with Gasteiger partial charge in [-0.3, -0.25) is 0 Å². The molecule has 7 heteroatoms. The zero-order valence-electron chi connectivity index (χ0n) is 11.6. The Kier molecular flexibility index (Phi) is 4.76. The highest BCUT2D eigenvalue weighted by atomic mass is 35.5. The van der Waals surface area contributed by atoms with Gasteiger partial charge in [-0.2, -0.15) is 4.98 Å². The molecular weight excluding hydrogens is 313 g/mol. The van der Waals surface area contributed by atoms with Gasteiger partial charge < -0.3 is 15.0 Å². The van der Waals surface area contributed by atoms with Crippen LogP contribution in [0, 0.1) is 6.92 Å². The van der Waals surface area contributed by atoms with Gasteiger partial charge in [0, 0.05) is 5.02 Å². The van der Waals surface area contributed by atoms with Crippen molar-refractivity contribution in [1.82, 2.24) is 10.1 Å². The lowest BCUT2D eigenvalue weighted by Gasteiger charge is -2.34. The van der Waals surface area contributed by atoms with Crippen molar-refractivity contribution in [2.24, 2.45) is 5.73 Å². The van der Waals surface area contributed by atoms with E-state index in [0.29, 0.717) is 16.7 Å². The Bertz CT molecular complexity index is 626. The Hall–Kier alpha value is -1.30. The van der Waals surface area contributed by atoms with E-state index in [4.69, 9.17) is 26.6 Å². The molecule has 1 saturated carbocycles. The molecule has 1 heterocycles. The second-order valence-corrected chi connectivity index (χ2v) is 5.63. The molecule has 0 aliphatic heterocycles. The number of halogens is 2. The molecular formula is C14H17Cl2N3O2. The van der Waals surface area contributed by atoms with Crippen LogP contribution in [0.15, 0.2) is 22.7 Å². The van der Waals surface area contributed by atoms with Gasteiger partial charge in [0.15, 0.2) is 12.4 Å². The molecule has 114 valence electrons. The molecule has 1 fully saturated rings. The monoisotopic (exact) mass is 329 g/mol. The Morgan fingerprint density at radius 2 is 2.19 bits per heavy atom. The number of ether oxygens (including phenoxy) is 1. The van der Waals surface area contributed by atoms with Crippen molar-refractivity contribution in [3.63, 3.8) is 0 Å². The fraction of sp³-hybridized carbons (Fsp3) is 0.429. The average Bonchev–Trinajstić information content (AvgIpc) is 2.86. The van der Waals surface area contributed by atoms with Gasteiger partial charge in [-0.05, 0) is 49.9 Å². The predicted molar refractivity (Wildman–Crippen MR) is 81.8 cm³/mol. The fourth-order valence-electron chi connectivity index (χ4n) is 2.15. The lowest BCUT2D eigenvalue weighted by molar-refractivity contribution is 0.223. The summed E-state index contributed by atoms with van der Waals surface area (Å²) in [6, 6.07) is 5.48. The van der Waals surface area contributed by atoms with Gasteiger partial charge in [0.05, 0.1) is 5.54 Å². The molecule has 2 N–H and O–H groups in total. The number of hydrogen-bond donors (Lipinski definition) is 1. The first-order valence-corrected chi connectivity index (χ1v) is 6.95. The molecule has 3 rings (SSSR count). The SMILES string of the molecule is Cc1cc(OCc2nc(C3(N)CCC3)no2)ccc1Cl.Cl. The van der Waals surface area contributed by atoms with Crippen LogP contribution in [0.4, 0.5) is 0 Å². The summed E-state index contributed by atoms with van der Waals surface area (Å²) in [4.78, 5) is 4.31. The summed E-state index contributed by atoms with van der Waals surface area (Å²) < 4.78 is 10.8. The third kappa shape index (κ3) is 3.31. The van der Waals surface area contributed by atoms with E-state index in [1.54, 1.807) is 6.07 Å². The topological polar surface area (TPSA) is 74.2 Å². The molecule has 1 aromatic carbocycles. The van der Waals surface area contributed by atoms with Crippen LogP contribution in [-0.2, 0) is 12.1 Å². The maximum absolute atomic E-state index is 6.14. The smallest absolute Gasteiger partial charge is 0.264 e. The molecule has 5 nitrogen and oxygen atoms in total. The van der Waals surface area contributed by atoms with E-state index in [0.717, 1.165) is 30.6 Å². The van der Waals surface area contributed by atoms with Gasteiger partial charge in [-0.25, -0.2) is 0 Å². The maximum atomic E-state index is 6.14. The zero-order valence-corrected chi connectivity index (χ0v) is 13.2. The van der Waals surface area contributed by atoms with Crippen LogP contribution in [0.1, 0.15) is 36.5 Å². The van der Waals surface area contributed by atoms with E-state index in [1.165, 1.54) is 0 Å². The van der Waals surface area contributed by atoms with Crippen molar-refractivity contribution in [3.05, 3.63) is 40.5 Å². The van der Waals surface area contributed by atoms with Crippen LogP contribution < -0.4 is 10.5 Å². The van der Waals surface area contributed by atoms with Crippen molar-refractivity contribution < 1.29 is 9.26 Å². The highest BCUT2D eigenvalue weighted by Gasteiger charge is 2.38. The number of hydrogen-bond acceptors (Lipinski definition) is 5. The summed E-state index contributed by atoms with van der Waals surface area (Å²) >= 11 is 5.96. The Balaban J connectivity index is 0.00000161. The minimum atomic E-state index is -0.404. The zero-order chi connectivity index (χ0) is 14.2. The largest absolute Gasteiger partial charge is 0.484 e. The first-order chi connectivity index (χ1) is 9.57. The van der Waals surface area contributed by atoms with Crippen molar-refractivity contribution in [1.29, 1.82) is 0 Å². The number of nitrogens with zero attached hydrogens (tertiary/aromatic N) is 2. The van der Waals surface area contributed by atoms with Crippen LogP contribution in [-0.4, -0.2) is 10.1 Å². The quantitative estimate of drug-likeness (QED) is 0.930. The lowest BCUT2D eigenvalue weighted by Crippen LogP contribution is -2.44. The second-order valence-electron chi connectivity index (χ2n) is 5.22. The predicted octanol–water partition coefficient (Wildman–Crippen LogP) is 3.37. The molecule has 0 spiro atoms. The van der Waals surface area contributed by atoms with Crippen LogP contribution in [0.5, 0.6) is 5.75 Å². The fourth-order valence-corrected chi connectivity index (χ4v) is 2.27.